The Kier molecular flexibility index (Phi) is 0.508. The maximum Gasteiger partial charge on any atom is 0.0626 e. The highest BCUT2D eigenvalue weighted by atomic mass is 13.8. The molecule has 0 aromatic heterocycles. The van der Waals surface area contributed by atoms with E-state index in [0.717, 1.165) is 0 Å². The van der Waals surface area contributed by atoms with Gasteiger partial charge in [0.15, 0.2) is 0 Å². The molecule has 0 aliphatic carbocycles. The van der Waals surface area contributed by atoms with E-state index < -0.39 is 0 Å². The molecule has 35 valence electrons. The summed E-state index contributed by atoms with van der Waals surface area (Å²) in [6.45, 7) is -0.300. The molecule has 1 radical (unpaired) electrons. The first-order chi connectivity index (χ1) is 4.72. The summed E-state index contributed by atoms with van der Waals surface area (Å²) in [5, 5.41) is 0. The summed E-state index contributed by atoms with van der Waals surface area (Å²) in [6, 6.07) is 6.84. The molecule has 0 heterocycles. The van der Waals surface area contributed by atoms with Gasteiger partial charge in [-0.2, -0.15) is 0 Å². The lowest BCUT2D eigenvalue weighted by molar-refractivity contribution is 1.62. The molecule has 0 atom stereocenters. The molecular weight excluding hydrogens is 84.1 g/mol. The maximum absolute atomic E-state index is 7.24. The van der Waals surface area contributed by atoms with Crippen LogP contribution in [0.5, 0.6) is 0 Å². The minimum atomic E-state index is -0.300. The molecule has 0 spiro atoms. The van der Waals surface area contributed by atoms with E-state index in [4.69, 9.17) is 4.11 Å². The van der Waals surface area contributed by atoms with Crippen molar-refractivity contribution in [3.05, 3.63) is 42.7 Å². The van der Waals surface area contributed by atoms with Crippen LogP contribution in [0.15, 0.2) is 30.3 Å². The molecule has 0 bridgehead atoms. The van der Waals surface area contributed by atoms with Crippen LogP contribution >= 0.6 is 0 Å². The first kappa shape index (κ1) is 1.99. The van der Waals surface area contributed by atoms with Crippen molar-refractivity contribution in [3.8, 4) is 0 Å². The highest BCUT2D eigenvalue weighted by molar-refractivity contribution is 5.16. The Morgan fingerprint density at radius 1 is 1.57 bits per heavy atom. The summed E-state index contributed by atoms with van der Waals surface area (Å²) in [7, 11) is 0. The Hall–Kier alpha value is -0.780. The number of hydrogen-bond donors (Lipinski definition) is 0. The Labute approximate surface area is 48.0 Å². The van der Waals surface area contributed by atoms with Crippen molar-refractivity contribution in [3.63, 3.8) is 0 Å². The van der Waals surface area contributed by atoms with Crippen molar-refractivity contribution in [1.29, 1.82) is 0 Å². The summed E-state index contributed by atoms with van der Waals surface area (Å²) in [5.41, 5.74) is 0.377. The second-order valence-corrected chi connectivity index (χ2v) is 1.28. The second kappa shape index (κ2) is 1.78. The van der Waals surface area contributed by atoms with Gasteiger partial charge in [-0.25, -0.2) is 0 Å². The highest BCUT2D eigenvalue weighted by Crippen LogP contribution is 1.92. The van der Waals surface area contributed by atoms with Crippen LogP contribution < -0.4 is 0 Å². The van der Waals surface area contributed by atoms with Crippen LogP contribution in [0.3, 0.4) is 0 Å². The largest absolute Gasteiger partial charge is 0.0626 e. The van der Waals surface area contributed by atoms with Crippen molar-refractivity contribution in [2.24, 2.45) is 0 Å². The van der Waals surface area contributed by atoms with Crippen LogP contribution in [0.25, 0.3) is 0 Å². The van der Waals surface area contributed by atoms with Crippen molar-refractivity contribution in [1.82, 2.24) is 0 Å². The molecule has 0 unspecified atom stereocenters. The summed E-state index contributed by atoms with van der Waals surface area (Å²) < 4.78 is 21.1. The summed E-state index contributed by atoms with van der Waals surface area (Å²) >= 11 is 0. The summed E-state index contributed by atoms with van der Waals surface area (Å²) in [5.74, 6) is 0. The molecule has 0 aliphatic rings. The number of benzene rings is 1. The third kappa shape index (κ3) is 1.04. The van der Waals surface area contributed by atoms with E-state index in [1.807, 2.05) is 0 Å². The van der Waals surface area contributed by atoms with Crippen LogP contribution in [0, 0.1) is 6.88 Å². The van der Waals surface area contributed by atoms with Gasteiger partial charge < -0.3 is 0 Å². The van der Waals surface area contributed by atoms with Gasteiger partial charge in [0.2, 0.25) is 0 Å². The van der Waals surface area contributed by atoms with Gasteiger partial charge in [-0.3, -0.25) is 0 Å². The molecular formula is C7H7. The van der Waals surface area contributed by atoms with Crippen molar-refractivity contribution >= 4 is 0 Å². The van der Waals surface area contributed by atoms with Crippen molar-refractivity contribution in [2.75, 3.05) is 0 Å². The van der Waals surface area contributed by atoms with Gasteiger partial charge in [-0.1, -0.05) is 30.3 Å². The first-order valence-corrected chi connectivity index (χ1v) is 2.08. The lowest BCUT2D eigenvalue weighted by atomic mass is 10.2. The van der Waals surface area contributed by atoms with Gasteiger partial charge in [0.1, 0.15) is 0 Å². The molecule has 1 aromatic rings. The molecule has 1 rings (SSSR count). The van der Waals surface area contributed by atoms with Crippen LogP contribution in [0.1, 0.15) is 9.68 Å². The average Bonchev–Trinajstić information content (AvgIpc) is 1.88. The van der Waals surface area contributed by atoms with Gasteiger partial charge in [0.25, 0.3) is 0 Å². The number of hydrogen-bond acceptors (Lipinski definition) is 0. The van der Waals surface area contributed by atoms with E-state index in [1.165, 1.54) is 0 Å². The van der Waals surface area contributed by atoms with Crippen molar-refractivity contribution < 1.29 is 4.11 Å². The molecule has 1 aromatic carbocycles. The summed E-state index contributed by atoms with van der Waals surface area (Å²) in [6.07, 6.45) is 0. The van der Waals surface area contributed by atoms with Gasteiger partial charge >= 0.3 is 0 Å². The molecule has 0 N–H and O–H groups in total. The fourth-order valence-electron chi connectivity index (χ4n) is 0.393. The van der Waals surface area contributed by atoms with Gasteiger partial charge in [-0.05, 0) is 12.4 Å². The monoisotopic (exact) mass is 94.1 g/mol. The van der Waals surface area contributed by atoms with Crippen molar-refractivity contribution in [2.45, 2.75) is 0 Å². The lowest BCUT2D eigenvalue weighted by Crippen LogP contribution is -1.62. The zero-order valence-electron chi connectivity index (χ0n) is 6.81. The quantitative estimate of drug-likeness (QED) is 0.498. The fourth-order valence-corrected chi connectivity index (χ4v) is 0.393. The minimum absolute atomic E-state index is 0.238. The Bertz CT molecular complexity index is 220. The van der Waals surface area contributed by atoms with E-state index in [9.17, 15) is 0 Å². The standard InChI is InChI=1S/C7H7/c1-7-5-3-2-4-6-7/h2-6H,1H2/i1D2,5D. The van der Waals surface area contributed by atoms with Crippen LogP contribution in [-0.2, 0) is 0 Å². The van der Waals surface area contributed by atoms with Gasteiger partial charge in [0, 0.05) is 2.74 Å². The number of rotatable bonds is 1. The van der Waals surface area contributed by atoms with Gasteiger partial charge in [0.05, 0.1) is 1.37 Å². The molecule has 0 aliphatic heterocycles. The fraction of sp³-hybridized carbons (Fsp3) is 0. The molecule has 0 amide bonds. The Morgan fingerprint density at radius 2 is 2.57 bits per heavy atom. The normalized spacial score (nSPS) is 15.3. The lowest BCUT2D eigenvalue weighted by Gasteiger charge is -1.82. The average molecular weight is 94.2 g/mol. The predicted octanol–water partition coefficient (Wildman–Crippen LogP) is 1.87. The Balaban J connectivity index is 3.03. The topological polar surface area (TPSA) is 0 Å². The van der Waals surface area contributed by atoms with E-state index in [2.05, 4.69) is 0 Å². The summed E-state index contributed by atoms with van der Waals surface area (Å²) in [4.78, 5) is 0. The van der Waals surface area contributed by atoms with Gasteiger partial charge in [-0.15, -0.1) is 0 Å². The molecule has 0 saturated carbocycles. The zero-order valence-corrected chi connectivity index (χ0v) is 3.81. The van der Waals surface area contributed by atoms with Crippen LogP contribution in [0.2, 0.25) is 0 Å². The predicted molar refractivity (Wildman–Crippen MR) is 30.9 cm³/mol. The third-order valence-corrected chi connectivity index (χ3v) is 0.709. The first-order valence-electron chi connectivity index (χ1n) is 3.58. The molecule has 0 heteroatoms. The third-order valence-electron chi connectivity index (χ3n) is 0.709. The van der Waals surface area contributed by atoms with E-state index in [0.29, 0.717) is 5.56 Å². The van der Waals surface area contributed by atoms with Crippen LogP contribution in [-0.4, -0.2) is 0 Å². The Morgan fingerprint density at radius 3 is 3.14 bits per heavy atom. The zero-order chi connectivity index (χ0) is 7.56. The molecule has 0 nitrogen and oxygen atoms in total. The SMILES string of the molecule is [2H][C]([2H])c1ccccc1[2H]. The highest BCUT2D eigenvalue weighted by Gasteiger charge is 1.72. The minimum Gasteiger partial charge on any atom is -0.0622 e. The second-order valence-electron chi connectivity index (χ2n) is 1.28. The molecule has 7 heavy (non-hydrogen) atoms. The molecule has 0 fully saturated rings. The molecule has 0 saturated heterocycles. The van der Waals surface area contributed by atoms with E-state index in [1.54, 1.807) is 24.3 Å². The smallest absolute Gasteiger partial charge is 0.0622 e. The van der Waals surface area contributed by atoms with Crippen LogP contribution in [0.4, 0.5) is 0 Å². The maximum atomic E-state index is 7.24. The van der Waals surface area contributed by atoms with E-state index >= 15 is 0 Å². The van der Waals surface area contributed by atoms with E-state index in [-0.39, 0.29) is 12.9 Å².